The molecule has 5 heteroatoms. The SMILES string of the molecule is CCOC(=O)CC#Cc1ccc(C(=O)O)c(F)c1. The minimum Gasteiger partial charge on any atom is -0.478 e. The third-order valence-corrected chi connectivity index (χ3v) is 1.97. The molecule has 0 unspecified atom stereocenters. The Morgan fingerprint density at radius 2 is 2.17 bits per heavy atom. The standard InChI is InChI=1S/C13H11FO4/c1-2-18-12(15)5-3-4-9-6-7-10(13(16)17)11(14)8-9/h6-8H,2,5H2,1H3,(H,16,17). The van der Waals surface area contributed by atoms with E-state index in [4.69, 9.17) is 5.11 Å². The number of carboxylic acids is 1. The Balaban J connectivity index is 2.75. The van der Waals surface area contributed by atoms with Gasteiger partial charge in [0.05, 0.1) is 12.2 Å². The Kier molecular flexibility index (Phi) is 4.88. The van der Waals surface area contributed by atoms with Gasteiger partial charge in [-0.2, -0.15) is 0 Å². The molecule has 0 bridgehead atoms. The van der Waals surface area contributed by atoms with Crippen molar-refractivity contribution in [2.45, 2.75) is 13.3 Å². The molecule has 94 valence electrons. The zero-order valence-corrected chi connectivity index (χ0v) is 9.70. The van der Waals surface area contributed by atoms with E-state index in [1.54, 1.807) is 6.92 Å². The van der Waals surface area contributed by atoms with Crippen molar-refractivity contribution in [3.8, 4) is 11.8 Å². The molecule has 0 heterocycles. The molecule has 4 nitrogen and oxygen atoms in total. The van der Waals surface area contributed by atoms with Gasteiger partial charge in [0.1, 0.15) is 12.2 Å². The van der Waals surface area contributed by atoms with Crippen LogP contribution in [0.5, 0.6) is 0 Å². The monoisotopic (exact) mass is 250 g/mol. The average molecular weight is 250 g/mol. The van der Waals surface area contributed by atoms with Crippen LogP contribution in [0, 0.1) is 17.7 Å². The van der Waals surface area contributed by atoms with Crippen LogP contribution in [-0.2, 0) is 9.53 Å². The molecule has 1 rings (SSSR count). The molecule has 0 radical (unpaired) electrons. The van der Waals surface area contributed by atoms with Crippen LogP contribution in [0.4, 0.5) is 4.39 Å². The van der Waals surface area contributed by atoms with E-state index in [2.05, 4.69) is 16.6 Å². The summed E-state index contributed by atoms with van der Waals surface area (Å²) in [6.45, 7) is 1.97. The molecule has 18 heavy (non-hydrogen) atoms. The van der Waals surface area contributed by atoms with Gasteiger partial charge in [0.25, 0.3) is 0 Å². The molecule has 0 aromatic heterocycles. The fourth-order valence-electron chi connectivity index (χ4n) is 1.20. The van der Waals surface area contributed by atoms with Crippen molar-refractivity contribution in [3.63, 3.8) is 0 Å². The molecule has 1 N–H and O–H groups in total. The maximum absolute atomic E-state index is 13.3. The van der Waals surface area contributed by atoms with E-state index in [-0.39, 0.29) is 13.0 Å². The molecular weight excluding hydrogens is 239 g/mol. The van der Waals surface area contributed by atoms with Crippen LogP contribution in [0.25, 0.3) is 0 Å². The number of carboxylic acid groups (broad SMARTS) is 1. The van der Waals surface area contributed by atoms with Gasteiger partial charge in [-0.1, -0.05) is 11.8 Å². The summed E-state index contributed by atoms with van der Waals surface area (Å²) >= 11 is 0. The molecular formula is C13H11FO4. The van der Waals surface area contributed by atoms with Crippen molar-refractivity contribution in [2.24, 2.45) is 0 Å². The molecule has 0 spiro atoms. The lowest BCUT2D eigenvalue weighted by atomic mass is 10.1. The van der Waals surface area contributed by atoms with Gasteiger partial charge >= 0.3 is 11.9 Å². The fraction of sp³-hybridized carbons (Fsp3) is 0.231. The number of hydrogen-bond donors (Lipinski definition) is 1. The van der Waals surface area contributed by atoms with E-state index in [0.717, 1.165) is 12.1 Å². The summed E-state index contributed by atoms with van der Waals surface area (Å²) in [6, 6.07) is 3.53. The molecule has 0 fully saturated rings. The van der Waals surface area contributed by atoms with Crippen molar-refractivity contribution < 1.29 is 23.8 Å². The third-order valence-electron chi connectivity index (χ3n) is 1.97. The van der Waals surface area contributed by atoms with Gasteiger partial charge in [-0.15, -0.1) is 0 Å². The minimum absolute atomic E-state index is 0.0872. The first-order chi connectivity index (χ1) is 8.54. The molecule has 0 aliphatic carbocycles. The Morgan fingerprint density at radius 3 is 2.72 bits per heavy atom. The zero-order valence-electron chi connectivity index (χ0n) is 9.70. The lowest BCUT2D eigenvalue weighted by Gasteiger charge is -1.97. The average Bonchev–Trinajstić information content (AvgIpc) is 2.29. The summed E-state index contributed by atoms with van der Waals surface area (Å²) in [6.07, 6.45) is -0.0872. The van der Waals surface area contributed by atoms with Gasteiger partial charge in [0.15, 0.2) is 0 Å². The maximum atomic E-state index is 13.3. The minimum atomic E-state index is -1.33. The quantitative estimate of drug-likeness (QED) is 0.656. The summed E-state index contributed by atoms with van der Waals surface area (Å²) in [7, 11) is 0. The van der Waals surface area contributed by atoms with E-state index < -0.39 is 23.3 Å². The van der Waals surface area contributed by atoms with E-state index in [9.17, 15) is 14.0 Å². The molecule has 0 aliphatic heterocycles. The van der Waals surface area contributed by atoms with Crippen LogP contribution >= 0.6 is 0 Å². The summed E-state index contributed by atoms with van der Waals surface area (Å²) in [5.74, 6) is 2.44. The first-order valence-corrected chi connectivity index (χ1v) is 5.22. The molecule has 0 aliphatic rings. The van der Waals surface area contributed by atoms with E-state index >= 15 is 0 Å². The van der Waals surface area contributed by atoms with Crippen LogP contribution in [0.1, 0.15) is 29.3 Å². The molecule has 1 aromatic rings. The number of aromatic carboxylic acids is 1. The van der Waals surface area contributed by atoms with Crippen molar-refractivity contribution in [3.05, 3.63) is 35.1 Å². The molecule has 0 saturated heterocycles. The number of benzene rings is 1. The first kappa shape index (κ1) is 13.7. The Labute approximate surface area is 103 Å². The molecule has 0 saturated carbocycles. The lowest BCUT2D eigenvalue weighted by molar-refractivity contribution is -0.141. The molecule has 0 amide bonds. The van der Waals surface area contributed by atoms with Crippen LogP contribution in [0.3, 0.4) is 0 Å². The summed E-state index contributed by atoms with van der Waals surface area (Å²) in [5.41, 5.74) is -0.104. The highest BCUT2D eigenvalue weighted by atomic mass is 19.1. The second-order valence-corrected chi connectivity index (χ2v) is 3.28. The van der Waals surface area contributed by atoms with Crippen LogP contribution in [0.15, 0.2) is 18.2 Å². The van der Waals surface area contributed by atoms with Gasteiger partial charge in [0.2, 0.25) is 0 Å². The van der Waals surface area contributed by atoms with Crippen LogP contribution in [0.2, 0.25) is 0 Å². The molecule has 0 atom stereocenters. The van der Waals surface area contributed by atoms with Crippen molar-refractivity contribution in [1.29, 1.82) is 0 Å². The largest absolute Gasteiger partial charge is 0.478 e. The smallest absolute Gasteiger partial charge is 0.338 e. The van der Waals surface area contributed by atoms with Crippen molar-refractivity contribution in [1.82, 2.24) is 0 Å². The highest BCUT2D eigenvalue weighted by Gasteiger charge is 2.09. The van der Waals surface area contributed by atoms with Gasteiger partial charge < -0.3 is 9.84 Å². The molecule has 1 aromatic carbocycles. The first-order valence-electron chi connectivity index (χ1n) is 5.22. The topological polar surface area (TPSA) is 63.6 Å². The number of esters is 1. The number of halogens is 1. The number of carbonyl (C=O) groups excluding carboxylic acids is 1. The Hall–Kier alpha value is -2.35. The summed E-state index contributed by atoms with van der Waals surface area (Å²) < 4.78 is 17.9. The third kappa shape index (κ3) is 3.91. The van der Waals surface area contributed by atoms with Gasteiger partial charge in [-0.25, -0.2) is 9.18 Å². The number of carbonyl (C=O) groups is 2. The fourth-order valence-corrected chi connectivity index (χ4v) is 1.20. The second-order valence-electron chi connectivity index (χ2n) is 3.28. The number of ether oxygens (including phenoxy) is 1. The Bertz CT molecular complexity index is 526. The van der Waals surface area contributed by atoms with Crippen molar-refractivity contribution >= 4 is 11.9 Å². The second kappa shape index (κ2) is 6.40. The highest BCUT2D eigenvalue weighted by molar-refractivity contribution is 5.88. The zero-order chi connectivity index (χ0) is 13.5. The normalized spacial score (nSPS) is 9.22. The Morgan fingerprint density at radius 1 is 1.44 bits per heavy atom. The predicted octanol–water partition coefficient (Wildman–Crippen LogP) is 1.83. The van der Waals surface area contributed by atoms with E-state index in [0.29, 0.717) is 5.56 Å². The van der Waals surface area contributed by atoms with Crippen LogP contribution < -0.4 is 0 Å². The number of rotatable bonds is 3. The number of hydrogen-bond acceptors (Lipinski definition) is 3. The van der Waals surface area contributed by atoms with Gasteiger partial charge in [-0.3, -0.25) is 4.79 Å². The lowest BCUT2D eigenvalue weighted by Crippen LogP contribution is -2.02. The van der Waals surface area contributed by atoms with E-state index in [1.807, 2.05) is 0 Å². The summed E-state index contributed by atoms with van der Waals surface area (Å²) in [4.78, 5) is 21.5. The van der Waals surface area contributed by atoms with Gasteiger partial charge in [0, 0.05) is 5.56 Å². The summed E-state index contributed by atoms with van der Waals surface area (Å²) in [5, 5.41) is 8.63. The van der Waals surface area contributed by atoms with Crippen molar-refractivity contribution in [2.75, 3.05) is 6.61 Å². The predicted molar refractivity (Wildman–Crippen MR) is 61.5 cm³/mol. The van der Waals surface area contributed by atoms with Gasteiger partial charge in [-0.05, 0) is 25.1 Å². The van der Waals surface area contributed by atoms with Crippen LogP contribution in [-0.4, -0.2) is 23.7 Å². The maximum Gasteiger partial charge on any atom is 0.338 e. The highest BCUT2D eigenvalue weighted by Crippen LogP contribution is 2.09. The van der Waals surface area contributed by atoms with E-state index in [1.165, 1.54) is 6.07 Å².